The molecular weight excluding hydrogens is 256 g/mol. The molecule has 0 fully saturated rings. The highest BCUT2D eigenvalue weighted by molar-refractivity contribution is 5.86. The summed E-state index contributed by atoms with van der Waals surface area (Å²) in [6, 6.07) is 7.25. The smallest absolute Gasteiger partial charge is 0.360 e. The molecule has 0 bridgehead atoms. The van der Waals surface area contributed by atoms with Crippen LogP contribution in [0.15, 0.2) is 35.3 Å². The Hall–Kier alpha value is -2.14. The normalized spacial score (nSPS) is 9.61. The Labute approximate surface area is 109 Å². The summed E-state index contributed by atoms with van der Waals surface area (Å²) in [4.78, 5) is 22.6. The van der Waals surface area contributed by atoms with Gasteiger partial charge in [0, 0.05) is 11.8 Å². The molecule has 2 aromatic rings. The topological polar surface area (TPSA) is 83.1 Å². The van der Waals surface area contributed by atoms with Gasteiger partial charge in [-0.3, -0.25) is 9.89 Å². The summed E-state index contributed by atoms with van der Waals surface area (Å²) in [7, 11) is 0. The molecule has 1 aromatic carbocycles. The fourth-order valence-corrected chi connectivity index (χ4v) is 1.50. The zero-order valence-electron chi connectivity index (χ0n) is 9.51. The van der Waals surface area contributed by atoms with Gasteiger partial charge in [-0.25, -0.2) is 4.79 Å². The van der Waals surface area contributed by atoms with Crippen LogP contribution in [0.4, 0.5) is 0 Å². The molecule has 0 atom stereocenters. The number of aromatic carboxylic acids is 1. The summed E-state index contributed by atoms with van der Waals surface area (Å²) in [5.41, 5.74) is 0.958. The molecule has 94 valence electrons. The van der Waals surface area contributed by atoms with Gasteiger partial charge < -0.3 is 5.11 Å². The monoisotopic (exact) mass is 266 g/mol. The van der Waals surface area contributed by atoms with E-state index in [1.165, 1.54) is 6.20 Å². The van der Waals surface area contributed by atoms with Gasteiger partial charge in [-0.15, -0.1) is 12.4 Å². The van der Waals surface area contributed by atoms with E-state index in [0.29, 0.717) is 11.1 Å². The third-order valence-electron chi connectivity index (χ3n) is 2.41. The van der Waals surface area contributed by atoms with Crippen molar-refractivity contribution in [3.05, 3.63) is 51.9 Å². The highest BCUT2D eigenvalue weighted by atomic mass is 35.5. The van der Waals surface area contributed by atoms with Gasteiger partial charge in [0.2, 0.25) is 11.1 Å². The van der Waals surface area contributed by atoms with Crippen molar-refractivity contribution >= 4 is 18.4 Å². The zero-order valence-corrected chi connectivity index (χ0v) is 10.3. The molecule has 0 aliphatic carbocycles. The van der Waals surface area contributed by atoms with E-state index in [1.807, 2.05) is 19.1 Å². The van der Waals surface area contributed by atoms with Gasteiger partial charge in [0.15, 0.2) is 0 Å². The molecule has 2 N–H and O–H groups in total. The van der Waals surface area contributed by atoms with Gasteiger partial charge in [0.1, 0.15) is 0 Å². The van der Waals surface area contributed by atoms with Crippen LogP contribution in [0.1, 0.15) is 16.1 Å². The van der Waals surface area contributed by atoms with Crippen molar-refractivity contribution < 1.29 is 9.90 Å². The van der Waals surface area contributed by atoms with E-state index in [1.54, 1.807) is 12.1 Å². The maximum atomic E-state index is 11.8. The number of nitrogens with zero attached hydrogens (tertiary/aromatic N) is 1. The first-order valence-electron chi connectivity index (χ1n) is 4.98. The first-order chi connectivity index (χ1) is 8.09. The van der Waals surface area contributed by atoms with Gasteiger partial charge >= 0.3 is 5.97 Å². The number of halogens is 1. The largest absolute Gasteiger partial charge is 0.476 e. The van der Waals surface area contributed by atoms with Crippen LogP contribution in [-0.4, -0.2) is 21.3 Å². The summed E-state index contributed by atoms with van der Waals surface area (Å²) < 4.78 is 0. The lowest BCUT2D eigenvalue weighted by Crippen LogP contribution is -2.19. The number of hydrogen-bond donors (Lipinski definition) is 2. The van der Waals surface area contributed by atoms with Crippen molar-refractivity contribution in [3.63, 3.8) is 0 Å². The maximum absolute atomic E-state index is 11.8. The van der Waals surface area contributed by atoms with Crippen molar-refractivity contribution in [2.75, 3.05) is 0 Å². The van der Waals surface area contributed by atoms with Crippen molar-refractivity contribution in [2.24, 2.45) is 0 Å². The van der Waals surface area contributed by atoms with E-state index in [2.05, 4.69) is 10.2 Å². The lowest BCUT2D eigenvalue weighted by molar-refractivity contribution is 0.0687. The number of hydrogen-bond acceptors (Lipinski definition) is 3. The average molecular weight is 267 g/mol. The highest BCUT2D eigenvalue weighted by Crippen LogP contribution is 2.15. The summed E-state index contributed by atoms with van der Waals surface area (Å²) in [5.74, 6) is -1.33. The van der Waals surface area contributed by atoms with Gasteiger partial charge in [0.25, 0.3) is 0 Å². The van der Waals surface area contributed by atoms with Crippen molar-refractivity contribution in [3.8, 4) is 11.1 Å². The standard InChI is InChI=1S/C12H10N2O3.ClH/c1-7-2-4-8(5-3-7)9-6-13-14-10(11(9)15)12(16)17;/h2-6H,1H3,(H,13,15)(H,16,17);1H. The van der Waals surface area contributed by atoms with E-state index in [-0.39, 0.29) is 12.4 Å². The second-order valence-corrected chi connectivity index (χ2v) is 3.65. The number of H-pyrrole nitrogens is 1. The van der Waals surface area contributed by atoms with Crippen LogP contribution in [0.5, 0.6) is 0 Å². The fraction of sp³-hybridized carbons (Fsp3) is 0.0833. The van der Waals surface area contributed by atoms with Gasteiger partial charge in [-0.1, -0.05) is 29.8 Å². The van der Waals surface area contributed by atoms with Crippen LogP contribution in [0.25, 0.3) is 11.1 Å². The Morgan fingerprint density at radius 1 is 1.28 bits per heavy atom. The van der Waals surface area contributed by atoms with Gasteiger partial charge in [0.05, 0.1) is 0 Å². The second kappa shape index (κ2) is 5.46. The number of benzene rings is 1. The highest BCUT2D eigenvalue weighted by Gasteiger charge is 2.14. The number of carboxylic acid groups (broad SMARTS) is 1. The molecule has 0 spiro atoms. The van der Waals surface area contributed by atoms with Crippen LogP contribution in [0, 0.1) is 6.92 Å². The molecule has 5 nitrogen and oxygen atoms in total. The fourth-order valence-electron chi connectivity index (χ4n) is 1.50. The molecule has 0 unspecified atom stereocenters. The summed E-state index contributed by atoms with van der Waals surface area (Å²) in [5, 5.41) is 14.7. The molecule has 18 heavy (non-hydrogen) atoms. The molecule has 0 saturated heterocycles. The molecule has 1 aromatic heterocycles. The number of rotatable bonds is 2. The Bertz CT molecular complexity index is 620. The molecule has 0 radical (unpaired) electrons. The van der Waals surface area contributed by atoms with Gasteiger partial charge in [-0.05, 0) is 12.5 Å². The first kappa shape index (κ1) is 13.9. The van der Waals surface area contributed by atoms with E-state index in [4.69, 9.17) is 5.11 Å². The third kappa shape index (κ3) is 2.57. The summed E-state index contributed by atoms with van der Waals surface area (Å²) in [6.07, 6.45) is 1.40. The molecule has 0 aliphatic heterocycles. The minimum atomic E-state index is -1.33. The lowest BCUT2D eigenvalue weighted by atomic mass is 10.1. The first-order valence-corrected chi connectivity index (χ1v) is 4.98. The number of carbonyl (C=O) groups is 1. The number of aryl methyl sites for hydroxylation is 1. The Balaban J connectivity index is 0.00000162. The minimum Gasteiger partial charge on any atom is -0.476 e. The van der Waals surface area contributed by atoms with Crippen LogP contribution >= 0.6 is 12.4 Å². The number of aromatic amines is 1. The molecular formula is C12H11ClN2O3. The van der Waals surface area contributed by atoms with Crippen LogP contribution in [0.2, 0.25) is 0 Å². The van der Waals surface area contributed by atoms with Gasteiger partial charge in [-0.2, -0.15) is 5.10 Å². The predicted molar refractivity (Wildman–Crippen MR) is 69.2 cm³/mol. The minimum absolute atomic E-state index is 0. The van der Waals surface area contributed by atoms with Crippen molar-refractivity contribution in [1.29, 1.82) is 0 Å². The zero-order chi connectivity index (χ0) is 12.4. The Morgan fingerprint density at radius 2 is 1.89 bits per heavy atom. The van der Waals surface area contributed by atoms with E-state index in [9.17, 15) is 9.59 Å². The van der Waals surface area contributed by atoms with Crippen LogP contribution in [0.3, 0.4) is 0 Å². The SMILES string of the molecule is Cc1ccc(-c2c[nH]nc(C(=O)O)c2=O)cc1.Cl. The Kier molecular flexibility index (Phi) is 4.23. The van der Waals surface area contributed by atoms with E-state index < -0.39 is 17.1 Å². The molecule has 0 amide bonds. The number of aromatic nitrogens is 2. The third-order valence-corrected chi connectivity index (χ3v) is 2.41. The molecule has 0 saturated carbocycles. The van der Waals surface area contributed by atoms with Crippen molar-refractivity contribution in [2.45, 2.75) is 6.92 Å². The second-order valence-electron chi connectivity index (χ2n) is 3.65. The molecule has 0 aliphatic rings. The van der Waals surface area contributed by atoms with E-state index >= 15 is 0 Å². The molecule has 2 rings (SSSR count). The quantitative estimate of drug-likeness (QED) is 0.869. The van der Waals surface area contributed by atoms with Crippen LogP contribution < -0.4 is 5.43 Å². The lowest BCUT2D eigenvalue weighted by Gasteiger charge is -2.01. The van der Waals surface area contributed by atoms with Crippen LogP contribution in [-0.2, 0) is 0 Å². The number of nitrogens with one attached hydrogen (secondary N) is 1. The van der Waals surface area contributed by atoms with E-state index in [0.717, 1.165) is 5.56 Å². The summed E-state index contributed by atoms with van der Waals surface area (Å²) >= 11 is 0. The number of carboxylic acids is 1. The molecule has 1 heterocycles. The summed E-state index contributed by atoms with van der Waals surface area (Å²) in [6.45, 7) is 1.93. The average Bonchev–Trinajstić information content (AvgIpc) is 2.30. The van der Waals surface area contributed by atoms with Crippen molar-refractivity contribution in [1.82, 2.24) is 10.2 Å². The molecule has 6 heteroatoms. The maximum Gasteiger partial charge on any atom is 0.360 e. The predicted octanol–water partition coefficient (Wildman–Crippen LogP) is 1.87. The Morgan fingerprint density at radius 3 is 2.44 bits per heavy atom.